The van der Waals surface area contributed by atoms with Gasteiger partial charge in [0.1, 0.15) is 4.90 Å². The van der Waals surface area contributed by atoms with E-state index in [4.69, 9.17) is 8.92 Å². The van der Waals surface area contributed by atoms with E-state index >= 15 is 0 Å². The zero-order valence-electron chi connectivity index (χ0n) is 17.6. The highest BCUT2D eigenvalue weighted by Crippen LogP contribution is 2.32. The van der Waals surface area contributed by atoms with E-state index in [1.54, 1.807) is 48.5 Å². The van der Waals surface area contributed by atoms with E-state index < -0.39 is 16.0 Å². The van der Waals surface area contributed by atoms with Crippen molar-refractivity contribution in [1.29, 1.82) is 0 Å². The van der Waals surface area contributed by atoms with Crippen LogP contribution in [0.4, 0.5) is 0 Å². The number of amides is 1. The highest BCUT2D eigenvalue weighted by molar-refractivity contribution is 7.87. The minimum absolute atomic E-state index is 0.00315. The third-order valence-electron chi connectivity index (χ3n) is 4.84. The maximum atomic E-state index is 12.7. The van der Waals surface area contributed by atoms with E-state index in [-0.39, 0.29) is 16.4 Å². The number of hydrogen-bond acceptors (Lipinski definition) is 6. The van der Waals surface area contributed by atoms with Crippen molar-refractivity contribution in [2.75, 3.05) is 7.11 Å². The van der Waals surface area contributed by atoms with Crippen LogP contribution in [0.3, 0.4) is 0 Å². The van der Waals surface area contributed by atoms with Crippen LogP contribution >= 0.6 is 0 Å². The Morgan fingerprint density at radius 2 is 1.61 bits per heavy atom. The van der Waals surface area contributed by atoms with E-state index in [9.17, 15) is 13.2 Å². The molecule has 0 bridgehead atoms. The Bertz CT molecular complexity index is 1430. The van der Waals surface area contributed by atoms with Crippen LogP contribution in [0.15, 0.2) is 101 Å². The number of methoxy groups -OCH3 is 1. The molecular formula is C25H20N2O5S. The van der Waals surface area contributed by atoms with Gasteiger partial charge in [-0.05, 0) is 47.2 Å². The molecule has 4 aromatic carbocycles. The highest BCUT2D eigenvalue weighted by Gasteiger charge is 2.21. The number of nitrogens with zero attached hydrogens (tertiary/aromatic N) is 1. The van der Waals surface area contributed by atoms with Gasteiger partial charge in [-0.3, -0.25) is 4.79 Å². The number of carbonyl (C=O) groups is 1. The minimum atomic E-state index is -4.10. The molecule has 0 saturated carbocycles. The zero-order chi connectivity index (χ0) is 23.3. The Balaban J connectivity index is 1.57. The maximum Gasteiger partial charge on any atom is 0.339 e. The molecule has 166 valence electrons. The molecule has 0 aliphatic carbocycles. The van der Waals surface area contributed by atoms with E-state index in [0.717, 1.165) is 10.8 Å². The predicted octanol–water partition coefficient (Wildman–Crippen LogP) is 4.38. The fourth-order valence-corrected chi connectivity index (χ4v) is 4.17. The van der Waals surface area contributed by atoms with Gasteiger partial charge in [-0.25, -0.2) is 5.43 Å². The average molecular weight is 461 g/mol. The van der Waals surface area contributed by atoms with Crippen LogP contribution in [0.25, 0.3) is 10.8 Å². The molecule has 0 heterocycles. The number of nitrogens with one attached hydrogen (secondary N) is 1. The first-order valence-corrected chi connectivity index (χ1v) is 11.4. The number of fused-ring (bicyclic) bond motifs is 1. The topological polar surface area (TPSA) is 94.1 Å². The van der Waals surface area contributed by atoms with Gasteiger partial charge in [0.05, 0.1) is 13.3 Å². The van der Waals surface area contributed by atoms with Gasteiger partial charge in [-0.15, -0.1) is 0 Å². The lowest BCUT2D eigenvalue weighted by Gasteiger charge is -2.13. The standard InChI is InChI=1S/C25H20N2O5S/c1-31-23-13-7-10-21(24(23)32-33(29,30)22-11-3-2-4-12-22)17-26-27-25(28)20-15-14-18-8-5-6-9-19(18)16-20/h2-17H,1H3,(H,27,28)/b26-17-. The lowest BCUT2D eigenvalue weighted by molar-refractivity contribution is 0.0955. The van der Waals surface area contributed by atoms with Crippen LogP contribution in [0, 0.1) is 0 Å². The van der Waals surface area contributed by atoms with Crippen molar-refractivity contribution in [2.24, 2.45) is 5.10 Å². The van der Waals surface area contributed by atoms with Gasteiger partial charge in [0.2, 0.25) is 0 Å². The predicted molar refractivity (Wildman–Crippen MR) is 126 cm³/mol. The number of hydrogen-bond donors (Lipinski definition) is 1. The molecule has 0 aliphatic heterocycles. The summed E-state index contributed by atoms with van der Waals surface area (Å²) in [5.74, 6) is -0.230. The highest BCUT2D eigenvalue weighted by atomic mass is 32.2. The molecule has 7 nitrogen and oxygen atoms in total. The van der Waals surface area contributed by atoms with Crippen LogP contribution in [-0.2, 0) is 10.1 Å². The molecule has 8 heteroatoms. The van der Waals surface area contributed by atoms with E-state index in [1.165, 1.54) is 25.5 Å². The van der Waals surface area contributed by atoms with E-state index in [1.807, 2.05) is 30.3 Å². The van der Waals surface area contributed by atoms with Crippen molar-refractivity contribution < 1.29 is 22.1 Å². The van der Waals surface area contributed by atoms with Gasteiger partial charge in [0.15, 0.2) is 11.5 Å². The van der Waals surface area contributed by atoms with E-state index in [0.29, 0.717) is 11.1 Å². The van der Waals surface area contributed by atoms with E-state index in [2.05, 4.69) is 10.5 Å². The second-order valence-corrected chi connectivity index (χ2v) is 8.54. The Morgan fingerprint density at radius 1 is 0.879 bits per heavy atom. The molecule has 1 N–H and O–H groups in total. The molecule has 0 fully saturated rings. The number of ether oxygens (including phenoxy) is 1. The van der Waals surface area contributed by atoms with Gasteiger partial charge in [-0.2, -0.15) is 13.5 Å². The summed E-state index contributed by atoms with van der Waals surface area (Å²) in [7, 11) is -2.70. The van der Waals surface area contributed by atoms with Crippen molar-refractivity contribution in [3.8, 4) is 11.5 Å². The number of hydrazone groups is 1. The fourth-order valence-electron chi connectivity index (χ4n) is 3.18. The molecule has 4 rings (SSSR count). The van der Waals surface area contributed by atoms with Crippen LogP contribution in [0.1, 0.15) is 15.9 Å². The summed E-state index contributed by atoms with van der Waals surface area (Å²) in [6.07, 6.45) is 1.30. The number of rotatable bonds is 7. The van der Waals surface area contributed by atoms with Gasteiger partial charge in [0, 0.05) is 11.1 Å². The Kier molecular flexibility index (Phi) is 6.37. The lowest BCUT2D eigenvalue weighted by atomic mass is 10.1. The first-order valence-electron chi connectivity index (χ1n) is 9.97. The first kappa shape index (κ1) is 22.0. The quantitative estimate of drug-likeness (QED) is 0.251. The van der Waals surface area contributed by atoms with Crippen molar-refractivity contribution in [2.45, 2.75) is 4.90 Å². The van der Waals surface area contributed by atoms with Crippen molar-refractivity contribution in [3.63, 3.8) is 0 Å². The summed E-state index contributed by atoms with van der Waals surface area (Å²) in [6, 6.07) is 25.6. The minimum Gasteiger partial charge on any atom is -0.493 e. The van der Waals surface area contributed by atoms with Gasteiger partial charge in [0.25, 0.3) is 5.91 Å². The van der Waals surface area contributed by atoms with Crippen molar-refractivity contribution in [1.82, 2.24) is 5.43 Å². The molecule has 0 atom stereocenters. The lowest BCUT2D eigenvalue weighted by Crippen LogP contribution is -2.17. The van der Waals surface area contributed by atoms with Gasteiger partial charge < -0.3 is 8.92 Å². The van der Waals surface area contributed by atoms with Gasteiger partial charge in [-0.1, -0.05) is 54.6 Å². The number of benzene rings is 4. The van der Waals surface area contributed by atoms with Crippen LogP contribution in [0.2, 0.25) is 0 Å². The molecule has 0 unspecified atom stereocenters. The van der Waals surface area contributed by atoms with Crippen LogP contribution in [-0.4, -0.2) is 27.6 Å². The molecule has 33 heavy (non-hydrogen) atoms. The van der Waals surface area contributed by atoms with Crippen molar-refractivity contribution >= 4 is 33.0 Å². The second kappa shape index (κ2) is 9.54. The molecule has 0 radical (unpaired) electrons. The second-order valence-electron chi connectivity index (χ2n) is 6.99. The fraction of sp³-hybridized carbons (Fsp3) is 0.0400. The van der Waals surface area contributed by atoms with Gasteiger partial charge >= 0.3 is 10.1 Å². The summed E-state index contributed by atoms with van der Waals surface area (Å²) in [5, 5.41) is 5.94. The third-order valence-corrected chi connectivity index (χ3v) is 6.07. The zero-order valence-corrected chi connectivity index (χ0v) is 18.5. The number of carbonyl (C=O) groups excluding carboxylic acids is 1. The molecule has 4 aromatic rings. The molecular weight excluding hydrogens is 440 g/mol. The Labute approximate surface area is 191 Å². The monoisotopic (exact) mass is 460 g/mol. The molecule has 0 spiro atoms. The first-order chi connectivity index (χ1) is 16.0. The summed E-state index contributed by atoms with van der Waals surface area (Å²) in [4.78, 5) is 12.5. The molecule has 0 aliphatic rings. The normalized spacial score (nSPS) is 11.4. The summed E-state index contributed by atoms with van der Waals surface area (Å²) >= 11 is 0. The molecule has 1 amide bonds. The third kappa shape index (κ3) is 5.02. The smallest absolute Gasteiger partial charge is 0.339 e. The molecule has 0 aromatic heterocycles. The Morgan fingerprint density at radius 3 is 2.36 bits per heavy atom. The molecule has 0 saturated heterocycles. The van der Waals surface area contributed by atoms with Crippen LogP contribution < -0.4 is 14.3 Å². The Hall–Kier alpha value is -4.17. The summed E-state index contributed by atoms with van der Waals surface area (Å²) in [6.45, 7) is 0. The van der Waals surface area contributed by atoms with Crippen molar-refractivity contribution in [3.05, 3.63) is 102 Å². The average Bonchev–Trinajstić information content (AvgIpc) is 2.85. The maximum absolute atomic E-state index is 12.7. The largest absolute Gasteiger partial charge is 0.493 e. The van der Waals surface area contributed by atoms with Crippen LogP contribution in [0.5, 0.6) is 11.5 Å². The number of para-hydroxylation sites is 1. The SMILES string of the molecule is COc1cccc(/C=N\NC(=O)c2ccc3ccccc3c2)c1OS(=O)(=O)c1ccccc1. The summed E-state index contributed by atoms with van der Waals surface area (Å²) < 4.78 is 36.0. The summed E-state index contributed by atoms with van der Waals surface area (Å²) in [5.41, 5.74) is 3.21.